The van der Waals surface area contributed by atoms with Crippen molar-refractivity contribution in [3.05, 3.63) is 58.4 Å². The molecular weight excluding hydrogens is 376 g/mol. The molecule has 0 amide bonds. The number of nitrogens with zero attached hydrogens (tertiary/aromatic N) is 2. The van der Waals surface area contributed by atoms with E-state index in [0.717, 1.165) is 0 Å². The normalized spacial score (nSPS) is 17.2. The van der Waals surface area contributed by atoms with Gasteiger partial charge in [0, 0.05) is 34.1 Å². The summed E-state index contributed by atoms with van der Waals surface area (Å²) in [4.78, 5) is 0. The highest BCUT2D eigenvalue weighted by Crippen LogP contribution is 2.51. The monoisotopic (exact) mass is 413 g/mol. The number of hydrogen-bond donors (Lipinski definition) is 0. The standard InChI is InChI=1S/C29H37N2/c1-16(2)20-12-11-13-21-23-18(5)14-15-22-25(23)31-26(29(9,10)28(22,7)8)19(6)30(17(3)4)27(31)24(20)21/h11-17H,1-10H3/q+1. The largest absolute Gasteiger partial charge is 0.295 e. The third-order valence-electron chi connectivity index (χ3n) is 8.53. The summed E-state index contributed by atoms with van der Waals surface area (Å²) >= 11 is 0. The van der Waals surface area contributed by atoms with Crippen LogP contribution in [0.1, 0.15) is 95.4 Å². The highest BCUT2D eigenvalue weighted by atomic mass is 15.2. The van der Waals surface area contributed by atoms with Gasteiger partial charge in [-0.3, -0.25) is 0 Å². The molecule has 0 aliphatic carbocycles. The summed E-state index contributed by atoms with van der Waals surface area (Å²) in [6.07, 6.45) is 0. The van der Waals surface area contributed by atoms with Gasteiger partial charge in [-0.1, -0.05) is 71.9 Å². The van der Waals surface area contributed by atoms with E-state index in [1.807, 2.05) is 0 Å². The molecule has 1 aliphatic heterocycles. The van der Waals surface area contributed by atoms with Gasteiger partial charge in [-0.05, 0) is 37.8 Å². The van der Waals surface area contributed by atoms with E-state index in [1.54, 1.807) is 0 Å². The van der Waals surface area contributed by atoms with Gasteiger partial charge in [-0.15, -0.1) is 0 Å². The molecule has 5 rings (SSSR count). The Morgan fingerprint density at radius 3 is 2.13 bits per heavy atom. The van der Waals surface area contributed by atoms with Gasteiger partial charge in [-0.2, -0.15) is 4.40 Å². The van der Waals surface area contributed by atoms with E-state index < -0.39 is 0 Å². The van der Waals surface area contributed by atoms with E-state index in [2.05, 4.69) is 109 Å². The topological polar surface area (TPSA) is 9.03 Å². The third-order valence-corrected chi connectivity index (χ3v) is 8.53. The Hall–Kier alpha value is -2.35. The Kier molecular flexibility index (Phi) is 4.06. The van der Waals surface area contributed by atoms with Crippen LogP contribution < -0.4 is 4.40 Å². The third kappa shape index (κ3) is 2.26. The molecule has 2 nitrogen and oxygen atoms in total. The van der Waals surface area contributed by atoms with Gasteiger partial charge in [0.15, 0.2) is 5.69 Å². The minimum atomic E-state index is 0.00970. The Morgan fingerprint density at radius 1 is 0.839 bits per heavy atom. The molecule has 162 valence electrons. The molecule has 0 N–H and O–H groups in total. The second kappa shape index (κ2) is 6.12. The van der Waals surface area contributed by atoms with E-state index >= 15 is 0 Å². The Balaban J connectivity index is 2.28. The molecule has 31 heavy (non-hydrogen) atoms. The molecule has 4 aromatic rings. The van der Waals surface area contributed by atoms with Crippen LogP contribution >= 0.6 is 0 Å². The van der Waals surface area contributed by atoms with Crippen LogP contribution in [0.2, 0.25) is 0 Å². The van der Waals surface area contributed by atoms with Crippen molar-refractivity contribution in [1.29, 1.82) is 0 Å². The van der Waals surface area contributed by atoms with Gasteiger partial charge in [0.1, 0.15) is 11.2 Å². The number of pyridine rings is 1. The molecule has 3 heterocycles. The van der Waals surface area contributed by atoms with E-state index in [4.69, 9.17) is 0 Å². The molecule has 2 aromatic heterocycles. The van der Waals surface area contributed by atoms with Gasteiger partial charge in [0.2, 0.25) is 0 Å². The average Bonchev–Trinajstić information content (AvgIpc) is 3.00. The summed E-state index contributed by atoms with van der Waals surface area (Å²) < 4.78 is 5.27. The van der Waals surface area contributed by atoms with Gasteiger partial charge < -0.3 is 0 Å². The lowest BCUT2D eigenvalue weighted by molar-refractivity contribution is -0.500. The van der Waals surface area contributed by atoms with E-state index in [9.17, 15) is 0 Å². The van der Waals surface area contributed by atoms with E-state index in [0.29, 0.717) is 12.0 Å². The maximum atomic E-state index is 2.66. The van der Waals surface area contributed by atoms with E-state index in [-0.39, 0.29) is 10.8 Å². The number of hydrogen-bond acceptors (Lipinski definition) is 0. The maximum Gasteiger partial charge on any atom is 0.295 e. The van der Waals surface area contributed by atoms with Crippen molar-refractivity contribution in [3.8, 4) is 0 Å². The van der Waals surface area contributed by atoms with Crippen LogP contribution in [0.4, 0.5) is 0 Å². The zero-order valence-electron chi connectivity index (χ0n) is 20.9. The molecule has 1 aliphatic rings. The lowest BCUT2D eigenvalue weighted by atomic mass is 9.60. The maximum absolute atomic E-state index is 2.66. The molecule has 2 aromatic carbocycles. The molecule has 0 atom stereocenters. The summed E-state index contributed by atoms with van der Waals surface area (Å²) in [6.45, 7) is 23.7. The zero-order valence-corrected chi connectivity index (χ0v) is 20.9. The summed E-state index contributed by atoms with van der Waals surface area (Å²) in [5.41, 5.74) is 10.0. The molecular formula is C29H37N2+. The van der Waals surface area contributed by atoms with Crippen LogP contribution in [-0.2, 0) is 10.8 Å². The van der Waals surface area contributed by atoms with Crippen LogP contribution in [0.25, 0.3) is 27.3 Å². The first-order valence-corrected chi connectivity index (χ1v) is 11.9. The van der Waals surface area contributed by atoms with Gasteiger partial charge in [0.05, 0.1) is 11.4 Å². The van der Waals surface area contributed by atoms with E-state index in [1.165, 1.54) is 55.4 Å². The Morgan fingerprint density at radius 2 is 1.52 bits per heavy atom. The highest BCUT2D eigenvalue weighted by Gasteiger charge is 2.52. The molecule has 0 radical (unpaired) electrons. The number of aryl methyl sites for hydroxylation is 1. The molecule has 0 saturated carbocycles. The lowest BCUT2D eigenvalue weighted by Crippen LogP contribution is -2.51. The van der Waals surface area contributed by atoms with Gasteiger partial charge in [0.25, 0.3) is 5.65 Å². The van der Waals surface area contributed by atoms with Crippen molar-refractivity contribution in [2.24, 2.45) is 0 Å². The molecule has 0 unspecified atom stereocenters. The van der Waals surface area contributed by atoms with Crippen molar-refractivity contribution in [3.63, 3.8) is 0 Å². The number of rotatable bonds is 2. The fourth-order valence-electron chi connectivity index (χ4n) is 6.37. The quantitative estimate of drug-likeness (QED) is 0.239. The van der Waals surface area contributed by atoms with Crippen molar-refractivity contribution >= 4 is 27.3 Å². The van der Waals surface area contributed by atoms with Crippen LogP contribution in [0.5, 0.6) is 0 Å². The first-order chi connectivity index (χ1) is 14.4. The molecule has 0 spiro atoms. The molecule has 0 saturated heterocycles. The summed E-state index contributed by atoms with van der Waals surface area (Å²) in [7, 11) is 0. The fraction of sp³-hybridized carbons (Fsp3) is 0.483. The predicted molar refractivity (Wildman–Crippen MR) is 133 cm³/mol. The predicted octanol–water partition coefficient (Wildman–Crippen LogP) is 7.42. The molecule has 2 heteroatoms. The van der Waals surface area contributed by atoms with Crippen molar-refractivity contribution in [2.75, 3.05) is 0 Å². The fourth-order valence-corrected chi connectivity index (χ4v) is 6.37. The minimum absolute atomic E-state index is 0.00970. The highest BCUT2D eigenvalue weighted by molar-refractivity contribution is 6.13. The zero-order chi connectivity index (χ0) is 22.6. The van der Waals surface area contributed by atoms with Crippen molar-refractivity contribution in [1.82, 2.24) is 4.57 Å². The first-order valence-electron chi connectivity index (χ1n) is 11.9. The van der Waals surface area contributed by atoms with Crippen molar-refractivity contribution in [2.45, 2.75) is 92.0 Å². The summed E-state index contributed by atoms with van der Waals surface area (Å²) in [6, 6.07) is 12.1. The first kappa shape index (κ1) is 20.5. The molecule has 0 fully saturated rings. The smallest absolute Gasteiger partial charge is 0.225 e. The van der Waals surface area contributed by atoms with Gasteiger partial charge >= 0.3 is 0 Å². The van der Waals surface area contributed by atoms with Gasteiger partial charge in [-0.25, -0.2) is 4.57 Å². The SMILES string of the molecule is Cc1ccc2c3c1c1cccc(C(C)C)c1c1n(C(C)C)c(C)c([n+]31)C(C)(C)C2(C)C. The number of benzene rings is 2. The number of imidazole rings is 1. The number of aromatic nitrogens is 2. The van der Waals surface area contributed by atoms with Crippen LogP contribution in [-0.4, -0.2) is 4.57 Å². The number of fused-ring (bicyclic) bond motifs is 3. The minimum Gasteiger partial charge on any atom is -0.225 e. The Bertz CT molecular complexity index is 1390. The average molecular weight is 414 g/mol. The molecule has 0 bridgehead atoms. The lowest BCUT2D eigenvalue weighted by Gasteiger charge is -2.43. The summed E-state index contributed by atoms with van der Waals surface area (Å²) in [5, 5.41) is 4.27. The second-order valence-electron chi connectivity index (χ2n) is 11.4. The Labute approximate surface area is 186 Å². The van der Waals surface area contributed by atoms with Crippen LogP contribution in [0.15, 0.2) is 30.3 Å². The van der Waals surface area contributed by atoms with Crippen LogP contribution in [0, 0.1) is 13.8 Å². The summed E-state index contributed by atoms with van der Waals surface area (Å²) in [5.74, 6) is 0.472. The van der Waals surface area contributed by atoms with Crippen LogP contribution in [0.3, 0.4) is 0 Å². The second-order valence-corrected chi connectivity index (χ2v) is 11.4. The van der Waals surface area contributed by atoms with Crippen molar-refractivity contribution < 1.29 is 4.40 Å².